The van der Waals surface area contributed by atoms with Crippen molar-refractivity contribution in [2.45, 2.75) is 17.5 Å². The molecule has 18 heavy (non-hydrogen) atoms. The normalized spacial score (nSPS) is 11.8. The number of benzene rings is 1. The summed E-state index contributed by atoms with van der Waals surface area (Å²) in [7, 11) is 0. The fourth-order valence-corrected chi connectivity index (χ4v) is 2.25. The second kappa shape index (κ2) is 7.11. The van der Waals surface area contributed by atoms with Crippen molar-refractivity contribution < 1.29 is 17.9 Å². The van der Waals surface area contributed by atoms with Gasteiger partial charge in [0, 0.05) is 17.3 Å². The first-order valence-corrected chi connectivity index (χ1v) is 6.57. The van der Waals surface area contributed by atoms with Gasteiger partial charge in [0.2, 0.25) is 0 Å². The third kappa shape index (κ3) is 6.37. The number of anilines is 1. The van der Waals surface area contributed by atoms with Gasteiger partial charge in [0.25, 0.3) is 0 Å². The summed E-state index contributed by atoms with van der Waals surface area (Å²) in [5.41, 5.74) is 6.06. The number of hydrogen-bond acceptors (Lipinski definition) is 3. The van der Waals surface area contributed by atoms with Crippen molar-refractivity contribution in [3.8, 4) is 0 Å². The highest BCUT2D eigenvalue weighted by molar-refractivity contribution is 7.99. The van der Waals surface area contributed by atoms with Crippen LogP contribution >= 0.6 is 23.4 Å². The number of rotatable bonds is 6. The van der Waals surface area contributed by atoms with Gasteiger partial charge in [-0.1, -0.05) is 11.6 Å². The zero-order chi connectivity index (χ0) is 13.6. The Kier molecular flexibility index (Phi) is 6.11. The van der Waals surface area contributed by atoms with Crippen LogP contribution in [0.3, 0.4) is 0 Å². The summed E-state index contributed by atoms with van der Waals surface area (Å²) in [6.45, 7) is -1.10. The first-order valence-electron chi connectivity index (χ1n) is 5.21. The molecule has 0 bridgehead atoms. The molecule has 7 heteroatoms. The molecule has 0 aliphatic rings. The Labute approximate surface area is 113 Å². The van der Waals surface area contributed by atoms with Crippen LogP contribution in [-0.4, -0.2) is 25.1 Å². The highest BCUT2D eigenvalue weighted by Gasteiger charge is 2.27. The van der Waals surface area contributed by atoms with Gasteiger partial charge in [0.15, 0.2) is 0 Å². The van der Waals surface area contributed by atoms with E-state index in [0.29, 0.717) is 22.9 Å². The van der Waals surface area contributed by atoms with E-state index in [9.17, 15) is 13.2 Å². The average Bonchev–Trinajstić information content (AvgIpc) is 2.26. The van der Waals surface area contributed by atoms with E-state index in [1.807, 2.05) is 6.07 Å². The predicted molar refractivity (Wildman–Crippen MR) is 68.1 cm³/mol. The van der Waals surface area contributed by atoms with Gasteiger partial charge >= 0.3 is 6.18 Å². The van der Waals surface area contributed by atoms with Crippen LogP contribution in [-0.2, 0) is 4.74 Å². The van der Waals surface area contributed by atoms with Crippen LogP contribution < -0.4 is 5.73 Å². The summed E-state index contributed by atoms with van der Waals surface area (Å²) >= 11 is 7.34. The van der Waals surface area contributed by atoms with E-state index in [2.05, 4.69) is 4.74 Å². The Bertz CT molecular complexity index is 387. The number of nitrogen functional groups attached to an aromatic ring is 1. The number of hydrogen-bond donors (Lipinski definition) is 1. The quantitative estimate of drug-likeness (QED) is 0.490. The van der Waals surface area contributed by atoms with Crippen LogP contribution in [0.15, 0.2) is 23.1 Å². The van der Waals surface area contributed by atoms with E-state index in [1.54, 1.807) is 12.1 Å². The Morgan fingerprint density at radius 2 is 2.06 bits per heavy atom. The molecule has 0 amide bonds. The van der Waals surface area contributed by atoms with Gasteiger partial charge in [0.05, 0.1) is 10.7 Å². The molecular formula is C11H13ClF3NOS. The van der Waals surface area contributed by atoms with Gasteiger partial charge in [-0.25, -0.2) is 0 Å². The Morgan fingerprint density at radius 1 is 1.33 bits per heavy atom. The van der Waals surface area contributed by atoms with E-state index >= 15 is 0 Å². The molecule has 1 aromatic carbocycles. The zero-order valence-electron chi connectivity index (χ0n) is 9.47. The smallest absolute Gasteiger partial charge is 0.398 e. The second-order valence-electron chi connectivity index (χ2n) is 3.55. The minimum atomic E-state index is -4.25. The molecular weight excluding hydrogens is 287 g/mol. The number of thioether (sulfide) groups is 1. The van der Waals surface area contributed by atoms with Crippen LogP contribution in [0.2, 0.25) is 5.02 Å². The molecule has 0 saturated heterocycles. The van der Waals surface area contributed by atoms with Crippen molar-refractivity contribution >= 4 is 29.1 Å². The van der Waals surface area contributed by atoms with Crippen LogP contribution in [0.1, 0.15) is 6.42 Å². The van der Waals surface area contributed by atoms with Crippen molar-refractivity contribution in [3.05, 3.63) is 23.2 Å². The van der Waals surface area contributed by atoms with Gasteiger partial charge in [-0.05, 0) is 24.6 Å². The first-order chi connectivity index (χ1) is 8.38. The molecule has 0 spiro atoms. The van der Waals surface area contributed by atoms with Crippen molar-refractivity contribution in [3.63, 3.8) is 0 Å². The molecule has 102 valence electrons. The molecule has 0 fully saturated rings. The fourth-order valence-electron chi connectivity index (χ4n) is 1.14. The SMILES string of the molecule is Nc1ccc(SCCCOCC(F)(F)F)cc1Cl. The van der Waals surface area contributed by atoms with E-state index < -0.39 is 12.8 Å². The number of alkyl halides is 3. The largest absolute Gasteiger partial charge is 0.411 e. The second-order valence-corrected chi connectivity index (χ2v) is 5.13. The summed E-state index contributed by atoms with van der Waals surface area (Å²) in [6, 6.07) is 5.26. The highest BCUT2D eigenvalue weighted by Crippen LogP contribution is 2.26. The molecule has 0 aliphatic carbocycles. The van der Waals surface area contributed by atoms with Crippen LogP contribution in [0, 0.1) is 0 Å². The van der Waals surface area contributed by atoms with E-state index in [4.69, 9.17) is 17.3 Å². The Morgan fingerprint density at radius 3 is 2.67 bits per heavy atom. The van der Waals surface area contributed by atoms with Crippen molar-refractivity contribution in [2.75, 3.05) is 24.7 Å². The maximum Gasteiger partial charge on any atom is 0.411 e. The predicted octanol–water partition coefficient (Wildman–Crippen LogP) is 3.98. The Hall–Kier alpha value is -0.590. The maximum atomic E-state index is 11.8. The molecule has 0 heterocycles. The first kappa shape index (κ1) is 15.5. The zero-order valence-corrected chi connectivity index (χ0v) is 11.0. The molecule has 2 N–H and O–H groups in total. The molecule has 0 aliphatic heterocycles. The molecule has 1 rings (SSSR count). The standard InChI is InChI=1S/C11H13ClF3NOS/c12-9-6-8(2-3-10(9)16)18-5-1-4-17-7-11(13,14)15/h2-3,6H,1,4-5,7,16H2. The van der Waals surface area contributed by atoms with Crippen LogP contribution in [0.4, 0.5) is 18.9 Å². The summed E-state index contributed by atoms with van der Waals surface area (Å²) in [5, 5.41) is 0.480. The van der Waals surface area contributed by atoms with E-state index in [1.165, 1.54) is 11.8 Å². The average molecular weight is 300 g/mol. The lowest BCUT2D eigenvalue weighted by atomic mass is 10.3. The summed E-state index contributed by atoms with van der Waals surface area (Å²) < 4.78 is 39.8. The number of ether oxygens (including phenoxy) is 1. The summed E-state index contributed by atoms with van der Waals surface area (Å²) in [6.07, 6.45) is -3.71. The number of nitrogens with two attached hydrogens (primary N) is 1. The molecule has 1 aromatic rings. The fraction of sp³-hybridized carbons (Fsp3) is 0.455. The van der Waals surface area contributed by atoms with E-state index in [0.717, 1.165) is 4.90 Å². The van der Waals surface area contributed by atoms with Gasteiger partial charge in [-0.2, -0.15) is 13.2 Å². The molecule has 0 aromatic heterocycles. The van der Waals surface area contributed by atoms with Gasteiger partial charge < -0.3 is 10.5 Å². The number of halogens is 4. The maximum absolute atomic E-state index is 11.8. The summed E-state index contributed by atoms with van der Waals surface area (Å²) in [5.74, 6) is 0.665. The molecule has 0 radical (unpaired) electrons. The Balaban J connectivity index is 2.16. The van der Waals surface area contributed by atoms with Crippen LogP contribution in [0.25, 0.3) is 0 Å². The van der Waals surface area contributed by atoms with E-state index in [-0.39, 0.29) is 6.61 Å². The van der Waals surface area contributed by atoms with Gasteiger partial charge in [0.1, 0.15) is 6.61 Å². The lowest BCUT2D eigenvalue weighted by Gasteiger charge is -2.07. The van der Waals surface area contributed by atoms with Crippen molar-refractivity contribution in [1.29, 1.82) is 0 Å². The third-order valence-electron chi connectivity index (χ3n) is 1.94. The molecule has 0 unspecified atom stereocenters. The lowest BCUT2D eigenvalue weighted by Crippen LogP contribution is -2.17. The minimum absolute atomic E-state index is 0.0925. The topological polar surface area (TPSA) is 35.2 Å². The van der Waals surface area contributed by atoms with Gasteiger partial charge in [-0.15, -0.1) is 11.8 Å². The molecule has 0 saturated carbocycles. The van der Waals surface area contributed by atoms with Crippen molar-refractivity contribution in [2.24, 2.45) is 0 Å². The molecule has 0 atom stereocenters. The minimum Gasteiger partial charge on any atom is -0.398 e. The van der Waals surface area contributed by atoms with Gasteiger partial charge in [-0.3, -0.25) is 0 Å². The van der Waals surface area contributed by atoms with Crippen LogP contribution in [0.5, 0.6) is 0 Å². The summed E-state index contributed by atoms with van der Waals surface area (Å²) in [4.78, 5) is 0.935. The lowest BCUT2D eigenvalue weighted by molar-refractivity contribution is -0.173. The molecule has 2 nitrogen and oxygen atoms in total. The van der Waals surface area contributed by atoms with Crippen molar-refractivity contribution in [1.82, 2.24) is 0 Å². The monoisotopic (exact) mass is 299 g/mol. The highest BCUT2D eigenvalue weighted by atomic mass is 35.5. The third-order valence-corrected chi connectivity index (χ3v) is 3.35.